The molecule has 2 aromatic carbocycles. The van der Waals surface area contributed by atoms with E-state index >= 15 is 0 Å². The van der Waals surface area contributed by atoms with Crippen LogP contribution in [0.1, 0.15) is 21.5 Å². The molecule has 8 heteroatoms. The van der Waals surface area contributed by atoms with Gasteiger partial charge < -0.3 is 14.6 Å². The second-order valence-electron chi connectivity index (χ2n) is 5.93. The topological polar surface area (TPSA) is 86.7 Å². The van der Waals surface area contributed by atoms with Crippen LogP contribution >= 0.6 is 27.7 Å². The molecule has 1 aliphatic rings. The summed E-state index contributed by atoms with van der Waals surface area (Å²) < 4.78 is 6.62. The van der Waals surface area contributed by atoms with Gasteiger partial charge in [0.05, 0.1) is 17.4 Å². The first-order valence-corrected chi connectivity index (χ1v) is 9.91. The molecule has 1 saturated heterocycles. The van der Waals surface area contributed by atoms with Gasteiger partial charge in [0.25, 0.3) is 11.1 Å². The van der Waals surface area contributed by atoms with Crippen LogP contribution in [0.15, 0.2) is 51.8 Å². The number of carboxylic acids is 1. The number of ether oxygens (including phenoxy) is 1. The lowest BCUT2D eigenvalue weighted by atomic mass is 10.1. The van der Waals surface area contributed by atoms with Crippen molar-refractivity contribution in [3.8, 4) is 18.1 Å². The standard InChI is InChI=1S/C21H14BrNO5S/c1-2-9-23-19(24)18(29-21(23)27)11-15-10-16(22)7-8-17(15)28-12-13-3-5-14(6-4-13)20(25)26/h1,3-8,10-11H,9,12H2,(H,25,26)/p-1/b18-11+. The minimum absolute atomic E-state index is 0.0777. The van der Waals surface area contributed by atoms with Crippen LogP contribution in [-0.2, 0) is 11.4 Å². The average Bonchev–Trinajstić information content (AvgIpc) is 2.95. The van der Waals surface area contributed by atoms with Crippen LogP contribution in [0.5, 0.6) is 5.75 Å². The third-order valence-corrected chi connectivity index (χ3v) is 5.37. The minimum Gasteiger partial charge on any atom is -0.545 e. The quantitative estimate of drug-likeness (QED) is 0.476. The SMILES string of the molecule is C#CCN1C(=O)S/C(=C/c2cc(Br)ccc2OCc2ccc(C(=O)[O-])cc2)C1=O. The number of aromatic carboxylic acids is 1. The largest absolute Gasteiger partial charge is 0.545 e. The van der Waals surface area contributed by atoms with Crippen molar-refractivity contribution in [1.82, 2.24) is 4.90 Å². The molecule has 0 saturated carbocycles. The second kappa shape index (κ2) is 8.99. The molecule has 146 valence electrons. The zero-order valence-corrected chi connectivity index (χ0v) is 17.3. The van der Waals surface area contributed by atoms with Crippen molar-refractivity contribution in [3.63, 3.8) is 0 Å². The van der Waals surface area contributed by atoms with Gasteiger partial charge in [-0.1, -0.05) is 46.1 Å². The van der Waals surface area contributed by atoms with Crippen LogP contribution in [-0.4, -0.2) is 28.6 Å². The van der Waals surface area contributed by atoms with Gasteiger partial charge in [-0.15, -0.1) is 6.42 Å². The summed E-state index contributed by atoms with van der Waals surface area (Å²) in [5.74, 6) is 1.11. The molecule has 0 bridgehead atoms. The van der Waals surface area contributed by atoms with E-state index in [1.165, 1.54) is 12.1 Å². The van der Waals surface area contributed by atoms with E-state index in [2.05, 4.69) is 21.9 Å². The fraction of sp³-hybridized carbons (Fsp3) is 0.0952. The van der Waals surface area contributed by atoms with Gasteiger partial charge in [0.15, 0.2) is 0 Å². The minimum atomic E-state index is -1.24. The highest BCUT2D eigenvalue weighted by atomic mass is 79.9. The number of amides is 2. The highest BCUT2D eigenvalue weighted by molar-refractivity contribution is 9.10. The molecule has 1 aliphatic heterocycles. The predicted octanol–water partition coefficient (Wildman–Crippen LogP) is 3.06. The number of halogens is 1. The predicted molar refractivity (Wildman–Crippen MR) is 111 cm³/mol. The fourth-order valence-electron chi connectivity index (χ4n) is 2.53. The normalized spacial score (nSPS) is 14.9. The molecule has 0 N–H and O–H groups in total. The van der Waals surface area contributed by atoms with Gasteiger partial charge in [0.2, 0.25) is 0 Å². The van der Waals surface area contributed by atoms with Gasteiger partial charge in [-0.25, -0.2) is 0 Å². The van der Waals surface area contributed by atoms with Crippen LogP contribution in [0.3, 0.4) is 0 Å². The van der Waals surface area contributed by atoms with Gasteiger partial charge in [-0.2, -0.15) is 0 Å². The van der Waals surface area contributed by atoms with Crippen molar-refractivity contribution in [2.24, 2.45) is 0 Å². The highest BCUT2D eigenvalue weighted by Crippen LogP contribution is 2.34. The molecule has 0 spiro atoms. The zero-order chi connectivity index (χ0) is 21.0. The van der Waals surface area contributed by atoms with E-state index in [4.69, 9.17) is 11.2 Å². The zero-order valence-electron chi connectivity index (χ0n) is 14.9. The first-order chi connectivity index (χ1) is 13.9. The number of terminal acetylenes is 1. The average molecular weight is 471 g/mol. The third-order valence-electron chi connectivity index (χ3n) is 3.97. The van der Waals surface area contributed by atoms with Crippen molar-refractivity contribution in [3.05, 3.63) is 68.5 Å². The Morgan fingerprint density at radius 1 is 1.24 bits per heavy atom. The van der Waals surface area contributed by atoms with Crippen LogP contribution in [0.25, 0.3) is 6.08 Å². The number of rotatable bonds is 6. The van der Waals surface area contributed by atoms with E-state index in [-0.39, 0.29) is 23.6 Å². The van der Waals surface area contributed by atoms with Crippen molar-refractivity contribution in [2.45, 2.75) is 6.61 Å². The summed E-state index contributed by atoms with van der Waals surface area (Å²) in [4.78, 5) is 36.4. The molecular weight excluding hydrogens is 458 g/mol. The van der Waals surface area contributed by atoms with Crippen LogP contribution in [0.2, 0.25) is 0 Å². The molecule has 1 fully saturated rings. The molecule has 2 aromatic rings. The molecule has 6 nitrogen and oxygen atoms in total. The van der Waals surface area contributed by atoms with Gasteiger partial charge in [-0.05, 0) is 47.2 Å². The van der Waals surface area contributed by atoms with E-state index in [9.17, 15) is 19.5 Å². The first kappa shape index (κ1) is 20.7. The summed E-state index contributed by atoms with van der Waals surface area (Å²) in [6.45, 7) is 0.111. The number of thioether (sulfide) groups is 1. The maximum Gasteiger partial charge on any atom is 0.294 e. The Bertz CT molecular complexity index is 1060. The molecule has 0 aromatic heterocycles. The van der Waals surface area contributed by atoms with Crippen molar-refractivity contribution < 1.29 is 24.2 Å². The summed E-state index contributed by atoms with van der Waals surface area (Å²) in [5.41, 5.74) is 1.45. The molecular formula is C21H13BrNO5S-. The number of hydrogen-bond acceptors (Lipinski definition) is 6. The Labute approximate surface area is 179 Å². The molecule has 3 rings (SSSR count). The van der Waals surface area contributed by atoms with Crippen molar-refractivity contribution in [2.75, 3.05) is 6.54 Å². The molecule has 0 aliphatic carbocycles. The summed E-state index contributed by atoms with van der Waals surface area (Å²) in [7, 11) is 0. The Morgan fingerprint density at radius 3 is 2.62 bits per heavy atom. The summed E-state index contributed by atoms with van der Waals surface area (Å²) in [6.07, 6.45) is 6.79. The molecule has 1 heterocycles. The Morgan fingerprint density at radius 2 is 1.97 bits per heavy atom. The number of carbonyl (C=O) groups excluding carboxylic acids is 3. The monoisotopic (exact) mass is 470 g/mol. The van der Waals surface area contributed by atoms with E-state index in [0.29, 0.717) is 11.3 Å². The number of carboxylic acid groups (broad SMARTS) is 1. The number of hydrogen-bond donors (Lipinski definition) is 0. The number of nitrogens with zero attached hydrogens (tertiary/aromatic N) is 1. The Balaban J connectivity index is 1.81. The number of benzene rings is 2. The van der Waals surface area contributed by atoms with Crippen molar-refractivity contribution >= 4 is 50.9 Å². The van der Waals surface area contributed by atoms with E-state index < -0.39 is 17.1 Å². The number of carbonyl (C=O) groups is 3. The summed E-state index contributed by atoms with van der Waals surface area (Å²) in [6, 6.07) is 11.4. The van der Waals surface area contributed by atoms with E-state index in [1.807, 2.05) is 0 Å². The molecule has 2 amide bonds. The van der Waals surface area contributed by atoms with Gasteiger partial charge in [-0.3, -0.25) is 14.5 Å². The van der Waals surface area contributed by atoms with E-state index in [0.717, 1.165) is 26.7 Å². The maximum atomic E-state index is 12.4. The van der Waals surface area contributed by atoms with Crippen LogP contribution in [0, 0.1) is 12.3 Å². The molecule has 0 radical (unpaired) electrons. The maximum absolute atomic E-state index is 12.4. The molecule has 0 unspecified atom stereocenters. The smallest absolute Gasteiger partial charge is 0.294 e. The summed E-state index contributed by atoms with van der Waals surface area (Å²) in [5, 5.41) is 10.4. The third kappa shape index (κ3) is 4.88. The van der Waals surface area contributed by atoms with Gasteiger partial charge >= 0.3 is 0 Å². The van der Waals surface area contributed by atoms with E-state index in [1.54, 1.807) is 36.4 Å². The van der Waals surface area contributed by atoms with Crippen LogP contribution in [0.4, 0.5) is 4.79 Å². The van der Waals surface area contributed by atoms with Crippen molar-refractivity contribution in [1.29, 1.82) is 0 Å². The summed E-state index contributed by atoms with van der Waals surface area (Å²) >= 11 is 4.21. The van der Waals surface area contributed by atoms with Crippen LogP contribution < -0.4 is 9.84 Å². The Hall–Kier alpha value is -3.02. The molecule has 0 atom stereocenters. The first-order valence-electron chi connectivity index (χ1n) is 8.30. The lowest BCUT2D eigenvalue weighted by molar-refractivity contribution is -0.255. The lowest BCUT2D eigenvalue weighted by Crippen LogP contribution is -2.28. The fourth-order valence-corrected chi connectivity index (χ4v) is 3.74. The lowest BCUT2D eigenvalue weighted by Gasteiger charge is -2.11. The molecule has 29 heavy (non-hydrogen) atoms. The number of imide groups is 1. The second-order valence-corrected chi connectivity index (χ2v) is 7.84. The Kier molecular flexibility index (Phi) is 6.42. The highest BCUT2D eigenvalue weighted by Gasteiger charge is 2.34. The van der Waals surface area contributed by atoms with Gasteiger partial charge in [0, 0.05) is 10.0 Å². The van der Waals surface area contributed by atoms with Gasteiger partial charge in [0.1, 0.15) is 12.4 Å².